The zero-order valence-electron chi connectivity index (χ0n) is 3.48. The third kappa shape index (κ3) is 10.7. The Kier molecular flexibility index (Phi) is 9.72. The number of hydrogen-bond donors (Lipinski definition) is 0. The first-order valence-electron chi connectivity index (χ1n) is 1.24. The number of carbonyl (C=O) groups is 1. The summed E-state index contributed by atoms with van der Waals surface area (Å²) in [5, 5.41) is 0. The molecule has 0 saturated heterocycles. The molecule has 0 rings (SSSR count). The van der Waals surface area contributed by atoms with E-state index in [1.807, 2.05) is 0 Å². The Hall–Kier alpha value is 0.497. The Morgan fingerprint density at radius 1 is 1.71 bits per heavy atom. The first-order valence-corrected chi connectivity index (χ1v) is 2.88. The summed E-state index contributed by atoms with van der Waals surface area (Å²) in [5.74, 6) is 0. The van der Waals surface area contributed by atoms with Crippen LogP contribution in [-0.4, -0.2) is 8.85 Å². The molecule has 45 valence electrons. The Morgan fingerprint density at radius 3 is 2.14 bits per heavy atom. The molecule has 0 aromatic heterocycles. The van der Waals surface area contributed by atoms with Crippen LogP contribution < -0.4 is 0 Å². The van der Waals surface area contributed by atoms with Gasteiger partial charge in [0.15, 0.2) is 0 Å². The van der Waals surface area contributed by atoms with Crippen molar-refractivity contribution < 1.29 is 45.7 Å². The summed E-state index contributed by atoms with van der Waals surface area (Å²) < 4.78 is 1.47. The van der Waals surface area contributed by atoms with Crippen molar-refractivity contribution in [2.24, 2.45) is 0 Å². The molecule has 0 aromatic carbocycles. The van der Waals surface area contributed by atoms with Gasteiger partial charge in [0.1, 0.15) is 0 Å². The van der Waals surface area contributed by atoms with Crippen molar-refractivity contribution in [3.8, 4) is 0 Å². The van der Waals surface area contributed by atoms with Gasteiger partial charge in [0.2, 0.25) is 0 Å². The summed E-state index contributed by atoms with van der Waals surface area (Å²) in [7, 11) is 0. The van der Waals surface area contributed by atoms with Crippen LogP contribution in [0.25, 0.3) is 0 Å². The number of carbonyl (C=O) groups excluding carboxylic acids is 2. The predicted molar refractivity (Wildman–Crippen MR) is 16.4 cm³/mol. The smallest absolute Gasteiger partial charge is 0 e. The molecule has 0 amide bonds. The molecule has 2 nitrogen and oxygen atoms in total. The molecule has 0 aliphatic heterocycles. The standard InChI is InChI=1S/C2H3O.CO.2Rh/c1-2-3;1-2;;/h1H3;;;. The average Bonchev–Trinajstić information content (AvgIpc) is 1.35. The molecule has 0 unspecified atom stereocenters. The van der Waals surface area contributed by atoms with E-state index < -0.39 is 16.7 Å². The monoisotopic (exact) mass is 277 g/mol. The first-order chi connectivity index (χ1) is 2.77. The van der Waals surface area contributed by atoms with E-state index in [2.05, 4.69) is 0 Å². The van der Waals surface area contributed by atoms with Gasteiger partial charge < -0.3 is 0 Å². The SMILES string of the molecule is C[C](=O)[Rh]=[C]=O.[Rh]. The minimum absolute atomic E-state index is 0. The molecule has 0 heterocycles. The average molecular weight is 277 g/mol. The third-order valence-electron chi connectivity index (χ3n) is 0.151. The minimum Gasteiger partial charge on any atom is 0 e. The van der Waals surface area contributed by atoms with Crippen LogP contribution in [0.15, 0.2) is 0 Å². The molecule has 0 spiro atoms. The molecule has 0 aliphatic carbocycles. The van der Waals surface area contributed by atoms with Crippen LogP contribution in [0.4, 0.5) is 0 Å². The van der Waals surface area contributed by atoms with E-state index in [0.29, 0.717) is 0 Å². The molecule has 7 heavy (non-hydrogen) atoms. The van der Waals surface area contributed by atoms with Crippen LogP contribution in [0.3, 0.4) is 0 Å². The first kappa shape index (κ1) is 10.5. The van der Waals surface area contributed by atoms with E-state index in [4.69, 9.17) is 0 Å². The van der Waals surface area contributed by atoms with E-state index >= 15 is 0 Å². The molecule has 4 heteroatoms. The summed E-state index contributed by atoms with van der Waals surface area (Å²) >= 11 is -0.583. The second-order valence-electron chi connectivity index (χ2n) is 0.590. The Labute approximate surface area is 61.5 Å². The van der Waals surface area contributed by atoms with E-state index in [-0.39, 0.29) is 23.9 Å². The normalized spacial score (nSPS) is 6.43. The van der Waals surface area contributed by atoms with Crippen molar-refractivity contribution >= 4 is 8.85 Å². The van der Waals surface area contributed by atoms with Crippen LogP contribution in [-0.2, 0) is 45.7 Å². The second kappa shape index (κ2) is 6.50. The molecule has 0 aromatic rings. The fraction of sp³-hybridized carbons (Fsp3) is 0.333. The van der Waals surface area contributed by atoms with Crippen molar-refractivity contribution in [2.45, 2.75) is 6.92 Å². The minimum atomic E-state index is -0.583. The summed E-state index contributed by atoms with van der Waals surface area (Å²) in [4.78, 5) is 19.1. The number of hydrogen-bond acceptors (Lipinski definition) is 2. The van der Waals surface area contributed by atoms with Gasteiger partial charge in [-0.3, -0.25) is 0 Å². The Balaban J connectivity index is 0. The van der Waals surface area contributed by atoms with Crippen molar-refractivity contribution in [1.29, 1.82) is 0 Å². The fourth-order valence-corrected chi connectivity index (χ4v) is 0.283. The molecule has 1 radical (unpaired) electrons. The zero-order chi connectivity index (χ0) is 4.99. The summed E-state index contributed by atoms with van der Waals surface area (Å²) in [6.07, 6.45) is 0. The maximum atomic E-state index is 9.81. The third-order valence-corrected chi connectivity index (χ3v) is 0.896. The molecule has 0 aliphatic rings. The van der Waals surface area contributed by atoms with Crippen LogP contribution in [0.2, 0.25) is 0 Å². The topological polar surface area (TPSA) is 34.1 Å². The van der Waals surface area contributed by atoms with Gasteiger partial charge in [-0.25, -0.2) is 0 Å². The van der Waals surface area contributed by atoms with Crippen LogP contribution >= 0.6 is 0 Å². The van der Waals surface area contributed by atoms with Gasteiger partial charge in [-0.2, -0.15) is 0 Å². The van der Waals surface area contributed by atoms with E-state index in [0.717, 1.165) is 0 Å². The van der Waals surface area contributed by atoms with Crippen LogP contribution in [0.1, 0.15) is 6.92 Å². The predicted octanol–water partition coefficient (Wildman–Crippen LogP) is -0.320. The maximum absolute atomic E-state index is 9.81. The van der Waals surface area contributed by atoms with E-state index in [9.17, 15) is 9.59 Å². The maximum Gasteiger partial charge on any atom is 0 e. The van der Waals surface area contributed by atoms with Gasteiger partial charge in [0.25, 0.3) is 0 Å². The zero-order valence-corrected chi connectivity index (χ0v) is 6.76. The van der Waals surface area contributed by atoms with Gasteiger partial charge in [-0.05, 0) is 0 Å². The molecular formula is C3H3O2Rh2. The largest absolute Gasteiger partial charge is 0 e. The van der Waals surface area contributed by atoms with Gasteiger partial charge >= 0.3 is 42.0 Å². The summed E-state index contributed by atoms with van der Waals surface area (Å²) in [6, 6.07) is 0. The summed E-state index contributed by atoms with van der Waals surface area (Å²) in [6.45, 7) is 1.38. The Bertz CT molecular complexity index is 104. The molecule has 0 fully saturated rings. The van der Waals surface area contributed by atoms with Crippen LogP contribution in [0, 0.1) is 0 Å². The molecule has 0 saturated carbocycles. The van der Waals surface area contributed by atoms with Gasteiger partial charge in [-0.1, -0.05) is 0 Å². The van der Waals surface area contributed by atoms with Crippen LogP contribution in [0.5, 0.6) is 0 Å². The van der Waals surface area contributed by atoms with Crippen molar-refractivity contribution in [3.05, 3.63) is 0 Å². The quantitative estimate of drug-likeness (QED) is 0.616. The Morgan fingerprint density at radius 2 is 2.14 bits per heavy atom. The van der Waals surface area contributed by atoms with Gasteiger partial charge in [0, 0.05) is 19.5 Å². The molecule has 0 atom stereocenters. The van der Waals surface area contributed by atoms with Crippen molar-refractivity contribution in [2.75, 3.05) is 0 Å². The molecule has 0 N–H and O–H groups in total. The van der Waals surface area contributed by atoms with E-state index in [1.54, 1.807) is 0 Å². The van der Waals surface area contributed by atoms with Crippen molar-refractivity contribution in [3.63, 3.8) is 0 Å². The fourth-order valence-electron chi connectivity index (χ4n) is 0.0479. The molecular weight excluding hydrogens is 274 g/mol. The summed E-state index contributed by atoms with van der Waals surface area (Å²) in [5.41, 5.74) is 0. The van der Waals surface area contributed by atoms with Gasteiger partial charge in [0.05, 0.1) is 0 Å². The molecule has 0 bridgehead atoms. The van der Waals surface area contributed by atoms with Gasteiger partial charge in [-0.15, -0.1) is 0 Å². The van der Waals surface area contributed by atoms with E-state index in [1.165, 1.54) is 11.4 Å². The number of rotatable bonds is 1. The second-order valence-corrected chi connectivity index (χ2v) is 2.49. The van der Waals surface area contributed by atoms with Crippen molar-refractivity contribution in [1.82, 2.24) is 0 Å².